The largest absolute Gasteiger partial charge is 0.462 e. The van der Waals surface area contributed by atoms with E-state index in [-0.39, 0.29) is 5.97 Å². The molecule has 0 saturated carbocycles. The smallest absolute Gasteiger partial charge is 0.338 e. The highest BCUT2D eigenvalue weighted by Gasteiger charge is 2.13. The van der Waals surface area contributed by atoms with Crippen LogP contribution in [0.4, 0.5) is 0 Å². The zero-order valence-electron chi connectivity index (χ0n) is 12.8. The molecule has 0 atom stereocenters. The van der Waals surface area contributed by atoms with E-state index in [9.17, 15) is 9.59 Å². The van der Waals surface area contributed by atoms with Crippen LogP contribution in [0.5, 0.6) is 0 Å². The van der Waals surface area contributed by atoms with E-state index in [1.165, 1.54) is 0 Å². The number of esters is 1. The molecule has 0 aromatic heterocycles. The highest BCUT2D eigenvalue weighted by atomic mass is 16.5. The third kappa shape index (κ3) is 3.56. The third-order valence-electron chi connectivity index (χ3n) is 3.44. The zero-order chi connectivity index (χ0) is 15.3. The maximum Gasteiger partial charge on any atom is 0.338 e. The first kappa shape index (κ1) is 16.2. The van der Waals surface area contributed by atoms with Crippen molar-refractivity contribution in [1.29, 1.82) is 0 Å². The number of rotatable bonds is 5. The minimum atomic E-state index is -0.334. The molecule has 20 heavy (non-hydrogen) atoms. The fourth-order valence-corrected chi connectivity index (χ4v) is 1.99. The number of allylic oxidation sites excluding steroid dienone is 2. The summed E-state index contributed by atoms with van der Waals surface area (Å²) in [7, 11) is 0. The average Bonchev–Trinajstić information content (AvgIpc) is 2.41. The van der Waals surface area contributed by atoms with Crippen molar-refractivity contribution in [2.75, 3.05) is 6.61 Å². The van der Waals surface area contributed by atoms with Crippen LogP contribution in [0.15, 0.2) is 23.8 Å². The van der Waals surface area contributed by atoms with Crippen LogP contribution in [0.2, 0.25) is 0 Å². The van der Waals surface area contributed by atoms with Gasteiger partial charge < -0.3 is 4.74 Å². The van der Waals surface area contributed by atoms with Gasteiger partial charge in [-0.2, -0.15) is 0 Å². The number of carbonyl (C=O) groups excluding carboxylic acids is 2. The Morgan fingerprint density at radius 1 is 1.35 bits per heavy atom. The predicted octanol–water partition coefficient (Wildman–Crippen LogP) is 3.80. The second kappa shape index (κ2) is 7.04. The van der Waals surface area contributed by atoms with E-state index in [1.807, 2.05) is 19.9 Å². The van der Waals surface area contributed by atoms with E-state index >= 15 is 0 Å². The second-order valence-corrected chi connectivity index (χ2v) is 5.12. The van der Waals surface area contributed by atoms with Crippen molar-refractivity contribution in [1.82, 2.24) is 0 Å². The molecule has 0 N–H and O–H groups in total. The van der Waals surface area contributed by atoms with E-state index in [4.69, 9.17) is 4.74 Å². The van der Waals surface area contributed by atoms with Crippen LogP contribution in [-0.2, 0) is 9.53 Å². The minimum absolute atomic E-state index is 0.305. The van der Waals surface area contributed by atoms with Crippen LogP contribution >= 0.6 is 0 Å². The summed E-state index contributed by atoms with van der Waals surface area (Å²) in [5.74, 6) is -0.0290. The summed E-state index contributed by atoms with van der Waals surface area (Å²) < 4.78 is 4.97. The summed E-state index contributed by atoms with van der Waals surface area (Å²) in [6.45, 7) is 10.1. The summed E-state index contributed by atoms with van der Waals surface area (Å²) in [6.07, 6.45) is 0.891. The first-order valence-electron chi connectivity index (χ1n) is 6.86. The van der Waals surface area contributed by atoms with Crippen molar-refractivity contribution in [3.05, 3.63) is 40.5 Å². The number of aldehydes is 1. The van der Waals surface area contributed by atoms with Gasteiger partial charge in [-0.05, 0) is 49.9 Å². The van der Waals surface area contributed by atoms with Crippen LogP contribution in [0, 0.1) is 12.8 Å². The highest BCUT2D eigenvalue weighted by Crippen LogP contribution is 2.25. The van der Waals surface area contributed by atoms with E-state index in [0.717, 1.165) is 23.0 Å². The lowest BCUT2D eigenvalue weighted by atomic mass is 9.91. The number of ether oxygens (including phenoxy) is 1. The number of aryl methyl sites for hydroxylation is 1. The SMILES string of the molecule is CCOC(=O)c1ccc(/C(C=O)=C(\C)C(C)C)c(C)c1. The molecule has 0 saturated heterocycles. The van der Waals surface area contributed by atoms with Crippen molar-refractivity contribution in [3.8, 4) is 0 Å². The molecule has 3 nitrogen and oxygen atoms in total. The van der Waals surface area contributed by atoms with Gasteiger partial charge in [-0.1, -0.05) is 25.5 Å². The molecule has 0 heterocycles. The molecular weight excluding hydrogens is 252 g/mol. The molecule has 0 amide bonds. The van der Waals surface area contributed by atoms with Crippen molar-refractivity contribution in [2.24, 2.45) is 5.92 Å². The van der Waals surface area contributed by atoms with Crippen LogP contribution in [0.25, 0.3) is 5.57 Å². The molecule has 0 aliphatic rings. The molecule has 1 aromatic carbocycles. The van der Waals surface area contributed by atoms with Gasteiger partial charge in [-0.15, -0.1) is 0 Å². The Morgan fingerprint density at radius 3 is 2.45 bits per heavy atom. The molecule has 1 aromatic rings. The first-order valence-corrected chi connectivity index (χ1v) is 6.86. The van der Waals surface area contributed by atoms with Crippen LogP contribution in [0.3, 0.4) is 0 Å². The molecule has 108 valence electrons. The van der Waals surface area contributed by atoms with Gasteiger partial charge in [0.25, 0.3) is 0 Å². The Morgan fingerprint density at radius 2 is 2.00 bits per heavy atom. The van der Waals surface area contributed by atoms with Crippen molar-refractivity contribution in [2.45, 2.75) is 34.6 Å². The third-order valence-corrected chi connectivity index (χ3v) is 3.44. The molecule has 3 heteroatoms. The minimum Gasteiger partial charge on any atom is -0.462 e. The van der Waals surface area contributed by atoms with Crippen molar-refractivity contribution < 1.29 is 14.3 Å². The topological polar surface area (TPSA) is 43.4 Å². The molecule has 0 fully saturated rings. The zero-order valence-corrected chi connectivity index (χ0v) is 12.8. The van der Waals surface area contributed by atoms with Crippen LogP contribution in [0.1, 0.15) is 49.2 Å². The lowest BCUT2D eigenvalue weighted by Crippen LogP contribution is -2.06. The molecule has 0 spiro atoms. The fourth-order valence-electron chi connectivity index (χ4n) is 1.99. The van der Waals surface area contributed by atoms with Crippen molar-refractivity contribution >= 4 is 17.8 Å². The lowest BCUT2D eigenvalue weighted by molar-refractivity contribution is -0.103. The van der Waals surface area contributed by atoms with E-state index in [2.05, 4.69) is 13.8 Å². The maximum absolute atomic E-state index is 11.7. The molecule has 0 bridgehead atoms. The van der Waals surface area contributed by atoms with Gasteiger partial charge in [0.05, 0.1) is 12.2 Å². The van der Waals surface area contributed by atoms with Crippen LogP contribution in [-0.4, -0.2) is 18.9 Å². The summed E-state index contributed by atoms with van der Waals surface area (Å²) in [5.41, 5.74) is 4.04. The Hall–Kier alpha value is -1.90. The van der Waals surface area contributed by atoms with Crippen molar-refractivity contribution in [3.63, 3.8) is 0 Å². The molecule has 0 aliphatic carbocycles. The normalized spacial score (nSPS) is 12.1. The molecule has 0 unspecified atom stereocenters. The molecule has 1 rings (SSSR count). The molecular formula is C17H22O3. The summed E-state index contributed by atoms with van der Waals surface area (Å²) in [6, 6.07) is 5.29. The number of hydrogen-bond acceptors (Lipinski definition) is 3. The van der Waals surface area contributed by atoms with Gasteiger partial charge in [0.1, 0.15) is 0 Å². The Balaban J connectivity index is 3.25. The van der Waals surface area contributed by atoms with Gasteiger partial charge in [-0.25, -0.2) is 4.79 Å². The number of carbonyl (C=O) groups is 2. The van der Waals surface area contributed by atoms with Gasteiger partial charge in [0, 0.05) is 5.57 Å². The Bertz CT molecular complexity index is 539. The lowest BCUT2D eigenvalue weighted by Gasteiger charge is -2.13. The van der Waals surface area contributed by atoms with Gasteiger partial charge in [-0.3, -0.25) is 4.79 Å². The van der Waals surface area contributed by atoms with E-state index < -0.39 is 0 Å². The number of benzene rings is 1. The maximum atomic E-state index is 11.7. The van der Waals surface area contributed by atoms with E-state index in [0.29, 0.717) is 23.7 Å². The quantitative estimate of drug-likeness (QED) is 0.466. The van der Waals surface area contributed by atoms with Gasteiger partial charge in [0.2, 0.25) is 0 Å². The highest BCUT2D eigenvalue weighted by molar-refractivity contribution is 6.09. The Labute approximate surface area is 120 Å². The summed E-state index contributed by atoms with van der Waals surface area (Å²) in [4.78, 5) is 23.1. The molecule has 0 radical (unpaired) electrons. The van der Waals surface area contributed by atoms with Gasteiger partial charge in [0.15, 0.2) is 6.29 Å². The number of hydrogen-bond donors (Lipinski definition) is 0. The van der Waals surface area contributed by atoms with Crippen LogP contribution < -0.4 is 0 Å². The second-order valence-electron chi connectivity index (χ2n) is 5.12. The predicted molar refractivity (Wildman–Crippen MR) is 80.6 cm³/mol. The van der Waals surface area contributed by atoms with Gasteiger partial charge >= 0.3 is 5.97 Å². The fraction of sp³-hybridized carbons (Fsp3) is 0.412. The monoisotopic (exact) mass is 274 g/mol. The molecule has 0 aliphatic heterocycles. The summed E-state index contributed by atoms with van der Waals surface area (Å²) in [5, 5.41) is 0. The van der Waals surface area contributed by atoms with E-state index in [1.54, 1.807) is 19.1 Å². The summed E-state index contributed by atoms with van der Waals surface area (Å²) >= 11 is 0. The first-order chi connectivity index (χ1) is 9.42. The average molecular weight is 274 g/mol. The standard InChI is InChI=1S/C17H22O3/c1-6-20-17(19)14-7-8-15(12(4)9-14)16(10-18)13(5)11(2)3/h7-11H,6H2,1-5H3/b16-13+. The Kier molecular flexibility index (Phi) is 5.68.